The van der Waals surface area contributed by atoms with Crippen LogP contribution in [-0.4, -0.2) is 76.5 Å². The molecule has 0 aromatic rings. The summed E-state index contributed by atoms with van der Waals surface area (Å²) in [5.74, 6) is 0. The van der Waals surface area contributed by atoms with Gasteiger partial charge in [0.2, 0.25) is 0 Å². The van der Waals surface area contributed by atoms with Gasteiger partial charge in [-0.2, -0.15) is 13.2 Å². The van der Waals surface area contributed by atoms with E-state index in [1.807, 2.05) is 0 Å². The van der Waals surface area contributed by atoms with E-state index in [9.17, 15) is 22.2 Å². The average Bonchev–Trinajstić information content (AvgIpc) is 2.36. The first kappa shape index (κ1) is 18.2. The number of nitrogens with one attached hydrogen (secondary N) is 1. The number of nitrogens with zero attached hydrogens (tertiary/aromatic N) is 2. The van der Waals surface area contributed by atoms with Crippen LogP contribution in [0.4, 0.5) is 18.0 Å². The van der Waals surface area contributed by atoms with E-state index in [-0.39, 0.29) is 37.0 Å². The number of hydrogen-bond donors (Lipinski definition) is 1. The minimum absolute atomic E-state index is 0.155. The maximum Gasteiger partial charge on any atom is 0.401 e. The van der Waals surface area contributed by atoms with Crippen LogP contribution in [0, 0.1) is 0 Å². The van der Waals surface area contributed by atoms with Crippen LogP contribution in [0.25, 0.3) is 0 Å². The third-order valence-corrected chi connectivity index (χ3v) is 4.84. The van der Waals surface area contributed by atoms with Crippen molar-refractivity contribution in [3.05, 3.63) is 0 Å². The molecule has 0 bridgehead atoms. The van der Waals surface area contributed by atoms with Gasteiger partial charge in [0.25, 0.3) is 0 Å². The SMILES string of the molecule is C[C@@H]1CN(C(=O)NC[C@@H](C)[S@@](C)=O)CCN1CC(F)(F)F. The quantitative estimate of drug-likeness (QED) is 0.838. The second kappa shape index (κ2) is 7.44. The molecule has 9 heteroatoms. The summed E-state index contributed by atoms with van der Waals surface area (Å²) in [5, 5.41) is 2.52. The van der Waals surface area contributed by atoms with Gasteiger partial charge in [0, 0.05) is 54.5 Å². The van der Waals surface area contributed by atoms with Gasteiger partial charge in [-0.05, 0) is 13.8 Å². The number of carbonyl (C=O) groups is 1. The molecule has 1 rings (SSSR count). The molecule has 1 N–H and O–H groups in total. The van der Waals surface area contributed by atoms with Crippen LogP contribution < -0.4 is 5.32 Å². The fourth-order valence-electron chi connectivity index (χ4n) is 2.11. The Labute approximate surface area is 125 Å². The van der Waals surface area contributed by atoms with Crippen LogP contribution in [0.2, 0.25) is 0 Å². The van der Waals surface area contributed by atoms with Crippen molar-refractivity contribution in [2.75, 3.05) is 39.0 Å². The maximum absolute atomic E-state index is 12.4. The first-order valence-corrected chi connectivity index (χ1v) is 8.38. The van der Waals surface area contributed by atoms with E-state index in [0.29, 0.717) is 6.54 Å². The Bertz CT molecular complexity index is 392. The summed E-state index contributed by atoms with van der Waals surface area (Å²) in [6.07, 6.45) is -2.66. The number of rotatable bonds is 4. The van der Waals surface area contributed by atoms with Gasteiger partial charge in [0.15, 0.2) is 0 Å². The number of carbonyl (C=O) groups excluding carboxylic acids is 1. The molecule has 0 spiro atoms. The Hall–Kier alpha value is -0.830. The van der Waals surface area contributed by atoms with Gasteiger partial charge in [0.1, 0.15) is 0 Å². The lowest BCUT2D eigenvalue weighted by molar-refractivity contribution is -0.153. The van der Waals surface area contributed by atoms with Crippen LogP contribution in [0.5, 0.6) is 0 Å². The van der Waals surface area contributed by atoms with Crippen LogP contribution in [0.3, 0.4) is 0 Å². The summed E-state index contributed by atoms with van der Waals surface area (Å²) in [5.41, 5.74) is 0. The van der Waals surface area contributed by atoms with Gasteiger partial charge in [-0.3, -0.25) is 9.11 Å². The maximum atomic E-state index is 12.4. The van der Waals surface area contributed by atoms with E-state index in [4.69, 9.17) is 0 Å². The Morgan fingerprint density at radius 2 is 2.05 bits per heavy atom. The van der Waals surface area contributed by atoms with E-state index >= 15 is 0 Å². The van der Waals surface area contributed by atoms with Crippen molar-refractivity contribution >= 4 is 16.8 Å². The topological polar surface area (TPSA) is 52.7 Å². The number of urea groups is 1. The summed E-state index contributed by atoms with van der Waals surface area (Å²) >= 11 is 0. The Morgan fingerprint density at radius 1 is 1.43 bits per heavy atom. The monoisotopic (exact) mass is 329 g/mol. The molecule has 2 amide bonds. The Balaban J connectivity index is 2.43. The summed E-state index contributed by atoms with van der Waals surface area (Å²) in [7, 11) is -1.02. The third-order valence-electron chi connectivity index (χ3n) is 3.54. The van der Waals surface area contributed by atoms with E-state index < -0.39 is 23.5 Å². The molecule has 0 aromatic heterocycles. The van der Waals surface area contributed by atoms with Gasteiger partial charge in [-0.25, -0.2) is 4.79 Å². The second-order valence-electron chi connectivity index (χ2n) is 5.38. The summed E-state index contributed by atoms with van der Waals surface area (Å²) < 4.78 is 48.4. The van der Waals surface area contributed by atoms with Crippen molar-refractivity contribution in [2.24, 2.45) is 0 Å². The second-order valence-corrected chi connectivity index (χ2v) is 7.18. The van der Waals surface area contributed by atoms with Gasteiger partial charge in [-0.15, -0.1) is 0 Å². The molecule has 0 aliphatic carbocycles. The summed E-state index contributed by atoms with van der Waals surface area (Å²) in [6, 6.07) is -0.658. The molecule has 124 valence electrons. The van der Waals surface area contributed by atoms with Gasteiger partial charge in [0.05, 0.1) is 6.54 Å². The molecule has 0 radical (unpaired) electrons. The van der Waals surface area contributed by atoms with E-state index in [0.717, 1.165) is 0 Å². The zero-order chi connectivity index (χ0) is 16.2. The van der Waals surface area contributed by atoms with E-state index in [1.54, 1.807) is 20.1 Å². The van der Waals surface area contributed by atoms with Crippen molar-refractivity contribution in [1.82, 2.24) is 15.1 Å². The molecule has 1 heterocycles. The molecule has 0 aromatic carbocycles. The Kier molecular flexibility index (Phi) is 6.45. The number of alkyl halides is 3. The van der Waals surface area contributed by atoms with E-state index in [2.05, 4.69) is 5.32 Å². The number of halogens is 3. The minimum Gasteiger partial charge on any atom is -0.337 e. The Morgan fingerprint density at radius 3 is 2.52 bits per heavy atom. The predicted octanol–water partition coefficient (Wildman–Crippen LogP) is 1.03. The molecule has 21 heavy (non-hydrogen) atoms. The van der Waals surface area contributed by atoms with Crippen LogP contribution in [0.15, 0.2) is 0 Å². The van der Waals surface area contributed by atoms with Crippen molar-refractivity contribution < 1.29 is 22.2 Å². The van der Waals surface area contributed by atoms with Gasteiger partial charge >= 0.3 is 12.2 Å². The normalized spacial score (nSPS) is 23.7. The highest BCUT2D eigenvalue weighted by Gasteiger charge is 2.35. The standard InChI is InChI=1S/C12H22F3N3O2S/c1-9-7-17(4-5-18(9)8-12(13,14)15)11(19)16-6-10(2)21(3)20/h9-10H,4-8H2,1-3H3,(H,16,19)/t9-,10-,21-/m1/s1. The van der Waals surface area contributed by atoms with Crippen molar-refractivity contribution in [2.45, 2.75) is 31.3 Å². The highest BCUT2D eigenvalue weighted by Crippen LogP contribution is 2.20. The molecule has 1 aliphatic heterocycles. The largest absolute Gasteiger partial charge is 0.401 e. The van der Waals surface area contributed by atoms with Crippen molar-refractivity contribution in [3.63, 3.8) is 0 Å². The molecule has 0 saturated carbocycles. The molecular formula is C12H22F3N3O2S. The predicted molar refractivity (Wildman–Crippen MR) is 75.6 cm³/mol. The van der Waals surface area contributed by atoms with E-state index in [1.165, 1.54) is 9.80 Å². The zero-order valence-electron chi connectivity index (χ0n) is 12.4. The minimum atomic E-state index is -4.22. The van der Waals surface area contributed by atoms with Gasteiger partial charge < -0.3 is 10.2 Å². The molecule has 1 fully saturated rings. The summed E-state index contributed by atoms with van der Waals surface area (Å²) in [6.45, 7) is 3.49. The average molecular weight is 329 g/mol. The smallest absolute Gasteiger partial charge is 0.337 e. The zero-order valence-corrected chi connectivity index (χ0v) is 13.3. The fourth-order valence-corrected chi connectivity index (χ4v) is 2.42. The number of amides is 2. The molecule has 1 saturated heterocycles. The molecule has 0 unspecified atom stereocenters. The molecular weight excluding hydrogens is 307 g/mol. The lowest BCUT2D eigenvalue weighted by Gasteiger charge is -2.40. The number of piperazine rings is 1. The first-order chi connectivity index (χ1) is 9.60. The van der Waals surface area contributed by atoms with Crippen LogP contribution in [0.1, 0.15) is 13.8 Å². The number of hydrogen-bond acceptors (Lipinski definition) is 3. The van der Waals surface area contributed by atoms with Crippen molar-refractivity contribution in [1.29, 1.82) is 0 Å². The summed E-state index contributed by atoms with van der Waals surface area (Å²) in [4.78, 5) is 14.8. The molecule has 5 nitrogen and oxygen atoms in total. The van der Waals surface area contributed by atoms with Crippen LogP contribution in [-0.2, 0) is 10.8 Å². The molecule has 1 aliphatic rings. The lowest BCUT2D eigenvalue weighted by atomic mass is 10.2. The first-order valence-electron chi connectivity index (χ1n) is 6.76. The fraction of sp³-hybridized carbons (Fsp3) is 0.917. The van der Waals surface area contributed by atoms with Crippen molar-refractivity contribution in [3.8, 4) is 0 Å². The highest BCUT2D eigenvalue weighted by molar-refractivity contribution is 7.84. The van der Waals surface area contributed by atoms with Crippen LogP contribution >= 0.6 is 0 Å². The third kappa shape index (κ3) is 6.21. The molecule has 3 atom stereocenters. The van der Waals surface area contributed by atoms with Gasteiger partial charge in [-0.1, -0.05) is 0 Å². The lowest BCUT2D eigenvalue weighted by Crippen LogP contribution is -2.57. The highest BCUT2D eigenvalue weighted by atomic mass is 32.2.